The lowest BCUT2D eigenvalue weighted by Crippen LogP contribution is -2.51. The van der Waals surface area contributed by atoms with Crippen LogP contribution in [0.3, 0.4) is 0 Å². The fraction of sp³-hybridized carbons (Fsp3) is 0.579. The number of amides is 1. The molecule has 156 valence electrons. The first-order valence-electron chi connectivity index (χ1n) is 9.49. The number of hydrogen-bond donors (Lipinski definition) is 3. The minimum atomic E-state index is -3.61. The van der Waals surface area contributed by atoms with Crippen LogP contribution < -0.4 is 15.4 Å². The van der Waals surface area contributed by atoms with Gasteiger partial charge in [0.1, 0.15) is 11.9 Å². The van der Waals surface area contributed by atoms with Gasteiger partial charge in [0.2, 0.25) is 5.91 Å². The van der Waals surface area contributed by atoms with Crippen LogP contribution in [0.5, 0.6) is 0 Å². The lowest BCUT2D eigenvalue weighted by atomic mass is 9.94. The van der Waals surface area contributed by atoms with E-state index in [4.69, 9.17) is 0 Å². The first kappa shape index (κ1) is 22.6. The van der Waals surface area contributed by atoms with Crippen LogP contribution >= 0.6 is 12.4 Å². The maximum atomic E-state index is 12.9. The van der Waals surface area contributed by atoms with Gasteiger partial charge in [0, 0.05) is 11.6 Å². The molecular formula is C19H29ClN4O3S. The molecule has 0 bridgehead atoms. The van der Waals surface area contributed by atoms with E-state index in [-0.39, 0.29) is 41.0 Å². The number of carbonyl (C=O) groups is 1. The van der Waals surface area contributed by atoms with E-state index >= 15 is 0 Å². The van der Waals surface area contributed by atoms with Crippen molar-refractivity contribution in [3.05, 3.63) is 29.8 Å². The standard InChI is InChI=1S/C19H28N4O3S.ClH/c1-12(2)10-16(19(24)22-15-8-9-20-11-13(15)3)21-18-14-6-4-5-7-17(14)27(25,26)23-18;/h4-7,12-13,15-16,20H,8-11H2,1-3H3,(H,21,23)(H,22,24);1H. The zero-order valence-corrected chi connectivity index (χ0v) is 18.1. The largest absolute Gasteiger partial charge is 0.351 e. The van der Waals surface area contributed by atoms with Crippen molar-refractivity contribution >= 4 is 34.2 Å². The van der Waals surface area contributed by atoms with E-state index in [9.17, 15) is 13.2 Å². The summed E-state index contributed by atoms with van der Waals surface area (Å²) in [5, 5.41) is 6.45. The molecule has 1 amide bonds. The van der Waals surface area contributed by atoms with Crippen LogP contribution in [-0.4, -0.2) is 45.3 Å². The van der Waals surface area contributed by atoms with Crippen molar-refractivity contribution in [1.82, 2.24) is 15.4 Å². The molecule has 2 aliphatic rings. The van der Waals surface area contributed by atoms with E-state index in [1.165, 1.54) is 0 Å². The lowest BCUT2D eigenvalue weighted by Gasteiger charge is -2.31. The molecule has 0 aromatic heterocycles. The highest BCUT2D eigenvalue weighted by Crippen LogP contribution is 2.23. The fourth-order valence-electron chi connectivity index (χ4n) is 3.56. The van der Waals surface area contributed by atoms with Crippen LogP contribution in [0.15, 0.2) is 34.2 Å². The van der Waals surface area contributed by atoms with Gasteiger partial charge in [-0.3, -0.25) is 14.5 Å². The molecule has 7 nitrogen and oxygen atoms in total. The zero-order valence-electron chi connectivity index (χ0n) is 16.4. The van der Waals surface area contributed by atoms with Gasteiger partial charge in [-0.05, 0) is 49.9 Å². The van der Waals surface area contributed by atoms with Gasteiger partial charge >= 0.3 is 0 Å². The van der Waals surface area contributed by atoms with Crippen molar-refractivity contribution < 1.29 is 13.2 Å². The Morgan fingerprint density at radius 2 is 2.04 bits per heavy atom. The predicted molar refractivity (Wildman–Crippen MR) is 112 cm³/mol. The molecule has 0 radical (unpaired) electrons. The number of nitrogens with one attached hydrogen (secondary N) is 3. The van der Waals surface area contributed by atoms with E-state index in [1.54, 1.807) is 24.3 Å². The zero-order chi connectivity index (χ0) is 19.6. The number of benzene rings is 1. The minimum absolute atomic E-state index is 0. The number of amidine groups is 1. The number of sulfonamides is 1. The topological polar surface area (TPSA) is 99.7 Å². The van der Waals surface area contributed by atoms with Crippen molar-refractivity contribution in [2.24, 2.45) is 16.8 Å². The number of rotatable bonds is 5. The molecular weight excluding hydrogens is 400 g/mol. The molecule has 0 aliphatic carbocycles. The molecule has 0 spiro atoms. The van der Waals surface area contributed by atoms with Gasteiger partial charge in [-0.2, -0.15) is 0 Å². The van der Waals surface area contributed by atoms with E-state index in [0.717, 1.165) is 19.5 Å². The predicted octanol–water partition coefficient (Wildman–Crippen LogP) is 1.68. The number of piperidine rings is 1. The van der Waals surface area contributed by atoms with E-state index in [1.807, 2.05) is 13.8 Å². The molecule has 2 heterocycles. The Morgan fingerprint density at radius 1 is 1.32 bits per heavy atom. The monoisotopic (exact) mass is 428 g/mol. The molecule has 1 aromatic carbocycles. The van der Waals surface area contributed by atoms with Gasteiger partial charge < -0.3 is 10.6 Å². The number of hydrogen-bond acceptors (Lipinski definition) is 5. The quantitative estimate of drug-likeness (QED) is 0.664. The fourth-order valence-corrected chi connectivity index (χ4v) is 4.80. The molecule has 3 unspecified atom stereocenters. The molecule has 9 heteroatoms. The maximum absolute atomic E-state index is 12.9. The second-order valence-electron chi connectivity index (χ2n) is 7.81. The Bertz CT molecular complexity index is 841. The normalized spacial score (nSPS) is 25.5. The third-order valence-electron chi connectivity index (χ3n) is 5.06. The number of halogens is 1. The van der Waals surface area contributed by atoms with Crippen molar-refractivity contribution in [2.45, 2.75) is 50.6 Å². The Balaban J connectivity index is 0.00000280. The first-order chi connectivity index (χ1) is 12.8. The number of aliphatic imine (C=N–C) groups is 1. The van der Waals surface area contributed by atoms with Gasteiger partial charge in [-0.1, -0.05) is 32.9 Å². The number of carbonyl (C=O) groups excluding carboxylic acids is 1. The summed E-state index contributed by atoms with van der Waals surface area (Å²) in [7, 11) is -3.61. The van der Waals surface area contributed by atoms with Gasteiger partial charge in [0.05, 0.1) is 4.90 Å². The smallest absolute Gasteiger partial charge is 0.263 e. The van der Waals surface area contributed by atoms with E-state index < -0.39 is 16.1 Å². The first-order valence-corrected chi connectivity index (χ1v) is 11.0. The molecule has 1 aromatic rings. The van der Waals surface area contributed by atoms with Crippen LogP contribution in [-0.2, 0) is 14.8 Å². The van der Waals surface area contributed by atoms with Crippen molar-refractivity contribution in [1.29, 1.82) is 0 Å². The summed E-state index contributed by atoms with van der Waals surface area (Å²) in [6.45, 7) is 7.93. The van der Waals surface area contributed by atoms with Crippen LogP contribution in [0, 0.1) is 11.8 Å². The molecule has 28 heavy (non-hydrogen) atoms. The second-order valence-corrected chi connectivity index (χ2v) is 9.46. The highest BCUT2D eigenvalue weighted by atomic mass is 35.5. The summed E-state index contributed by atoms with van der Waals surface area (Å²) >= 11 is 0. The molecule has 3 atom stereocenters. The Hall–Kier alpha value is -1.64. The average molecular weight is 429 g/mol. The lowest BCUT2D eigenvalue weighted by molar-refractivity contribution is -0.123. The maximum Gasteiger partial charge on any atom is 0.263 e. The highest BCUT2D eigenvalue weighted by Gasteiger charge is 2.33. The Labute approximate surface area is 173 Å². The van der Waals surface area contributed by atoms with Crippen molar-refractivity contribution in [3.63, 3.8) is 0 Å². The van der Waals surface area contributed by atoms with Gasteiger partial charge in [0.25, 0.3) is 10.0 Å². The summed E-state index contributed by atoms with van der Waals surface area (Å²) in [6, 6.07) is 6.19. The second kappa shape index (κ2) is 9.24. The molecule has 3 rings (SSSR count). The van der Waals surface area contributed by atoms with Crippen LogP contribution in [0.1, 0.15) is 39.2 Å². The summed E-state index contributed by atoms with van der Waals surface area (Å²) in [5.74, 6) is 0.716. The summed E-state index contributed by atoms with van der Waals surface area (Å²) < 4.78 is 27.1. The minimum Gasteiger partial charge on any atom is -0.351 e. The van der Waals surface area contributed by atoms with E-state index in [0.29, 0.717) is 17.9 Å². The number of fused-ring (bicyclic) bond motifs is 1. The van der Waals surface area contributed by atoms with E-state index in [2.05, 4.69) is 27.3 Å². The van der Waals surface area contributed by atoms with Gasteiger partial charge in [-0.25, -0.2) is 8.42 Å². The SMILES string of the molecule is CC(C)CC(N=C1NS(=O)(=O)c2ccccc21)C(=O)NC1CCNCC1C.Cl. The Morgan fingerprint density at radius 3 is 2.71 bits per heavy atom. The molecule has 0 saturated carbocycles. The molecule has 1 saturated heterocycles. The highest BCUT2D eigenvalue weighted by molar-refractivity contribution is 7.90. The Kier molecular flexibility index (Phi) is 7.47. The van der Waals surface area contributed by atoms with Crippen molar-refractivity contribution in [2.75, 3.05) is 13.1 Å². The summed E-state index contributed by atoms with van der Waals surface area (Å²) in [6.07, 6.45) is 1.44. The van der Waals surface area contributed by atoms with Crippen LogP contribution in [0.2, 0.25) is 0 Å². The third kappa shape index (κ3) is 5.04. The third-order valence-corrected chi connectivity index (χ3v) is 6.46. The molecule has 2 aliphatic heterocycles. The van der Waals surface area contributed by atoms with Gasteiger partial charge in [-0.15, -0.1) is 12.4 Å². The summed E-state index contributed by atoms with van der Waals surface area (Å²) in [4.78, 5) is 17.7. The average Bonchev–Trinajstić information content (AvgIpc) is 2.87. The number of nitrogens with zero attached hydrogens (tertiary/aromatic N) is 1. The summed E-state index contributed by atoms with van der Waals surface area (Å²) in [5.41, 5.74) is 0.522. The van der Waals surface area contributed by atoms with Crippen LogP contribution in [0.25, 0.3) is 0 Å². The van der Waals surface area contributed by atoms with Gasteiger partial charge in [0.15, 0.2) is 0 Å². The molecule has 1 fully saturated rings. The van der Waals surface area contributed by atoms with Crippen molar-refractivity contribution in [3.8, 4) is 0 Å². The van der Waals surface area contributed by atoms with Crippen LogP contribution in [0.4, 0.5) is 0 Å². The molecule has 3 N–H and O–H groups in total.